The van der Waals surface area contributed by atoms with Gasteiger partial charge in [0.15, 0.2) is 0 Å². The second kappa shape index (κ2) is 4.78. The molecular formula is C11H22N2O. The molecule has 14 heavy (non-hydrogen) atoms. The van der Waals surface area contributed by atoms with E-state index in [0.717, 1.165) is 19.4 Å². The lowest BCUT2D eigenvalue weighted by Crippen LogP contribution is -2.46. The molecule has 2 atom stereocenters. The maximum atomic E-state index is 12.0. The molecule has 0 aromatic heterocycles. The number of carbonyl (C=O) groups excluding carboxylic acids is 1. The Labute approximate surface area is 86.9 Å². The highest BCUT2D eigenvalue weighted by Crippen LogP contribution is 2.13. The van der Waals surface area contributed by atoms with Crippen LogP contribution in [0.3, 0.4) is 0 Å². The van der Waals surface area contributed by atoms with Crippen molar-refractivity contribution in [3.05, 3.63) is 0 Å². The van der Waals surface area contributed by atoms with Gasteiger partial charge in [-0.1, -0.05) is 13.8 Å². The molecule has 0 aromatic rings. The summed E-state index contributed by atoms with van der Waals surface area (Å²) in [6, 6.07) is 0.395. The van der Waals surface area contributed by atoms with Gasteiger partial charge in [0.1, 0.15) is 0 Å². The lowest BCUT2D eigenvalue weighted by molar-refractivity contribution is -0.134. The number of amides is 1. The van der Waals surface area contributed by atoms with Crippen molar-refractivity contribution in [2.45, 2.75) is 45.7 Å². The summed E-state index contributed by atoms with van der Waals surface area (Å²) < 4.78 is 0. The second-order valence-electron chi connectivity index (χ2n) is 4.58. The Morgan fingerprint density at radius 2 is 2.07 bits per heavy atom. The molecule has 3 nitrogen and oxygen atoms in total. The minimum atomic E-state index is 0.0706. The van der Waals surface area contributed by atoms with E-state index in [-0.39, 0.29) is 11.9 Å². The molecule has 0 aliphatic carbocycles. The number of nitrogens with one attached hydrogen (secondary N) is 1. The molecule has 0 bridgehead atoms. The van der Waals surface area contributed by atoms with Crippen molar-refractivity contribution in [2.75, 3.05) is 13.6 Å². The maximum absolute atomic E-state index is 12.0. The van der Waals surface area contributed by atoms with E-state index in [2.05, 4.69) is 26.1 Å². The molecule has 1 heterocycles. The van der Waals surface area contributed by atoms with Gasteiger partial charge in [0.05, 0.1) is 6.04 Å². The van der Waals surface area contributed by atoms with Gasteiger partial charge in [-0.25, -0.2) is 0 Å². The lowest BCUT2D eigenvalue weighted by Gasteiger charge is -2.30. The van der Waals surface area contributed by atoms with E-state index in [1.807, 2.05) is 11.9 Å². The van der Waals surface area contributed by atoms with Crippen molar-refractivity contribution in [3.8, 4) is 0 Å². The largest absolute Gasteiger partial charge is 0.341 e. The van der Waals surface area contributed by atoms with Crippen molar-refractivity contribution in [3.63, 3.8) is 0 Å². The first-order chi connectivity index (χ1) is 6.54. The number of nitrogens with zero attached hydrogens (tertiary/aromatic N) is 1. The third-order valence-electron chi connectivity index (χ3n) is 3.28. The Morgan fingerprint density at radius 1 is 1.43 bits per heavy atom. The molecular weight excluding hydrogens is 176 g/mol. The summed E-state index contributed by atoms with van der Waals surface area (Å²) >= 11 is 0. The standard InChI is InChI=1S/C11H22N2O/c1-8(2)9(3)13(4)11(14)10-6-5-7-12-10/h8-10,12H,5-7H2,1-4H3/t9?,10-/m0/s1. The highest BCUT2D eigenvalue weighted by molar-refractivity contribution is 5.82. The zero-order valence-electron chi connectivity index (χ0n) is 9.71. The van der Waals surface area contributed by atoms with Gasteiger partial charge in [0.25, 0.3) is 0 Å². The van der Waals surface area contributed by atoms with Gasteiger partial charge in [0, 0.05) is 13.1 Å². The average Bonchev–Trinajstić information content (AvgIpc) is 2.67. The van der Waals surface area contributed by atoms with Crippen molar-refractivity contribution in [1.29, 1.82) is 0 Å². The first kappa shape index (κ1) is 11.5. The fourth-order valence-electron chi connectivity index (χ4n) is 1.79. The van der Waals surface area contributed by atoms with Gasteiger partial charge in [-0.15, -0.1) is 0 Å². The van der Waals surface area contributed by atoms with Crippen molar-refractivity contribution in [1.82, 2.24) is 10.2 Å². The van der Waals surface area contributed by atoms with Gasteiger partial charge >= 0.3 is 0 Å². The van der Waals surface area contributed by atoms with Crippen molar-refractivity contribution in [2.24, 2.45) is 5.92 Å². The molecule has 82 valence electrons. The van der Waals surface area contributed by atoms with Gasteiger partial charge in [-0.2, -0.15) is 0 Å². The number of likely N-dealkylation sites (N-methyl/N-ethyl adjacent to an activating group) is 1. The van der Waals surface area contributed by atoms with E-state index >= 15 is 0 Å². The van der Waals surface area contributed by atoms with Crippen LogP contribution in [0.4, 0.5) is 0 Å². The summed E-state index contributed by atoms with van der Waals surface area (Å²) in [4.78, 5) is 13.8. The molecule has 1 rings (SSSR count). The predicted octanol–water partition coefficient (Wildman–Crippen LogP) is 1.24. The summed E-state index contributed by atoms with van der Waals surface area (Å²) in [7, 11) is 1.91. The van der Waals surface area contributed by atoms with E-state index in [4.69, 9.17) is 0 Å². The SMILES string of the molecule is CC(C)C(C)N(C)C(=O)[C@@H]1CCCN1. The smallest absolute Gasteiger partial charge is 0.239 e. The zero-order chi connectivity index (χ0) is 10.7. The van der Waals surface area contributed by atoms with E-state index in [1.54, 1.807) is 0 Å². The molecule has 1 N–H and O–H groups in total. The highest BCUT2D eigenvalue weighted by Gasteiger charge is 2.27. The minimum Gasteiger partial charge on any atom is -0.341 e. The van der Waals surface area contributed by atoms with Gasteiger partial charge in [0.2, 0.25) is 5.91 Å². The first-order valence-electron chi connectivity index (χ1n) is 5.54. The van der Waals surface area contributed by atoms with E-state index < -0.39 is 0 Å². The average molecular weight is 198 g/mol. The quantitative estimate of drug-likeness (QED) is 0.740. The van der Waals surface area contributed by atoms with Crippen LogP contribution in [0.15, 0.2) is 0 Å². The summed E-state index contributed by atoms with van der Waals surface area (Å²) in [5.74, 6) is 0.772. The van der Waals surface area contributed by atoms with Crippen LogP contribution in [0.5, 0.6) is 0 Å². The lowest BCUT2D eigenvalue weighted by atomic mass is 10.0. The molecule has 0 saturated carbocycles. The fraction of sp³-hybridized carbons (Fsp3) is 0.909. The third-order valence-corrected chi connectivity index (χ3v) is 3.28. The van der Waals surface area contributed by atoms with Gasteiger partial charge < -0.3 is 10.2 Å². The Kier molecular flexibility index (Phi) is 3.93. The number of rotatable bonds is 3. The van der Waals surface area contributed by atoms with Crippen LogP contribution in [0.2, 0.25) is 0 Å². The summed E-state index contributed by atoms with van der Waals surface area (Å²) in [6.45, 7) is 7.39. The summed E-state index contributed by atoms with van der Waals surface area (Å²) in [6.07, 6.45) is 2.12. The van der Waals surface area contributed by atoms with Gasteiger partial charge in [-0.3, -0.25) is 4.79 Å². The van der Waals surface area contributed by atoms with Gasteiger partial charge in [-0.05, 0) is 32.2 Å². The monoisotopic (exact) mass is 198 g/mol. The topological polar surface area (TPSA) is 32.3 Å². The Bertz CT molecular complexity index is 197. The van der Waals surface area contributed by atoms with E-state index in [9.17, 15) is 4.79 Å². The van der Waals surface area contributed by atoms with Crippen molar-refractivity contribution < 1.29 is 4.79 Å². The van der Waals surface area contributed by atoms with E-state index in [1.165, 1.54) is 0 Å². The molecule has 1 fully saturated rings. The number of hydrogen-bond donors (Lipinski definition) is 1. The number of carbonyl (C=O) groups is 1. The molecule has 1 unspecified atom stereocenters. The molecule has 1 saturated heterocycles. The molecule has 1 amide bonds. The fourth-order valence-corrected chi connectivity index (χ4v) is 1.79. The third kappa shape index (κ3) is 2.47. The Balaban J connectivity index is 2.50. The molecule has 1 aliphatic rings. The minimum absolute atomic E-state index is 0.0706. The van der Waals surface area contributed by atoms with Crippen LogP contribution in [0, 0.1) is 5.92 Å². The molecule has 0 radical (unpaired) electrons. The summed E-state index contributed by atoms with van der Waals surface area (Å²) in [5, 5.41) is 3.24. The second-order valence-corrected chi connectivity index (χ2v) is 4.58. The Morgan fingerprint density at radius 3 is 2.50 bits per heavy atom. The molecule has 1 aliphatic heterocycles. The molecule has 0 aromatic carbocycles. The van der Waals surface area contributed by atoms with Crippen LogP contribution in [-0.2, 0) is 4.79 Å². The van der Waals surface area contributed by atoms with Crippen LogP contribution < -0.4 is 5.32 Å². The first-order valence-corrected chi connectivity index (χ1v) is 5.54. The van der Waals surface area contributed by atoms with Crippen LogP contribution in [-0.4, -0.2) is 36.5 Å². The maximum Gasteiger partial charge on any atom is 0.239 e. The molecule has 0 spiro atoms. The number of hydrogen-bond acceptors (Lipinski definition) is 2. The zero-order valence-corrected chi connectivity index (χ0v) is 9.71. The van der Waals surface area contributed by atoms with Crippen LogP contribution in [0.25, 0.3) is 0 Å². The predicted molar refractivity (Wildman–Crippen MR) is 58.1 cm³/mol. The normalized spacial score (nSPS) is 23.9. The Hall–Kier alpha value is -0.570. The van der Waals surface area contributed by atoms with E-state index in [0.29, 0.717) is 12.0 Å². The molecule has 3 heteroatoms. The van der Waals surface area contributed by atoms with Crippen molar-refractivity contribution >= 4 is 5.91 Å². The summed E-state index contributed by atoms with van der Waals surface area (Å²) in [5.41, 5.74) is 0. The van der Waals surface area contributed by atoms with Crippen LogP contribution in [0.1, 0.15) is 33.6 Å². The highest BCUT2D eigenvalue weighted by atomic mass is 16.2. The van der Waals surface area contributed by atoms with Crippen LogP contribution >= 0.6 is 0 Å².